The van der Waals surface area contributed by atoms with Crippen molar-refractivity contribution >= 4 is 52.1 Å². The summed E-state index contributed by atoms with van der Waals surface area (Å²) in [5.74, 6) is -1.68. The lowest BCUT2D eigenvalue weighted by Gasteiger charge is -2.20. The zero-order chi connectivity index (χ0) is 23.7. The van der Waals surface area contributed by atoms with Gasteiger partial charge in [-0.25, -0.2) is 4.79 Å². The Morgan fingerprint density at radius 3 is 2.21 bits per heavy atom. The monoisotopic (exact) mass is 488 g/mol. The van der Waals surface area contributed by atoms with E-state index >= 15 is 0 Å². The zero-order valence-corrected chi connectivity index (χ0v) is 18.5. The lowest BCUT2D eigenvalue weighted by Crippen LogP contribution is -2.42. The summed E-state index contributed by atoms with van der Waals surface area (Å²) in [5, 5.41) is 18.1. The number of rotatable bonds is 9. The number of carbonyl (C=O) groups excluding carboxylic acids is 1. The van der Waals surface area contributed by atoms with Gasteiger partial charge in [-0.3, -0.25) is 19.4 Å². The Morgan fingerprint density at radius 1 is 1.03 bits per heavy atom. The molecule has 0 saturated heterocycles. The average molecular weight is 489 g/mol. The second-order valence-corrected chi connectivity index (χ2v) is 8.51. The van der Waals surface area contributed by atoms with Crippen LogP contribution in [0.2, 0.25) is 10.0 Å². The van der Waals surface area contributed by atoms with Gasteiger partial charge in [-0.15, -0.1) is 0 Å². The molecule has 0 aliphatic heterocycles. The summed E-state index contributed by atoms with van der Waals surface area (Å²) in [7, 11) is 0. The maximum Gasteiger partial charge on any atom is 0.326 e. The van der Waals surface area contributed by atoms with Crippen LogP contribution in [0.25, 0.3) is 0 Å². The highest BCUT2D eigenvalue weighted by Crippen LogP contribution is 2.27. The number of hydrogen-bond donors (Lipinski definition) is 4. The third-order valence-electron chi connectivity index (χ3n) is 5.18. The van der Waals surface area contributed by atoms with Crippen LogP contribution in [0.4, 0.5) is 17.1 Å². The van der Waals surface area contributed by atoms with Gasteiger partial charge in [0.1, 0.15) is 17.4 Å². The Hall–Kier alpha value is -3.43. The summed E-state index contributed by atoms with van der Waals surface area (Å²) in [5.41, 5.74) is -0.0150. The summed E-state index contributed by atoms with van der Waals surface area (Å²) in [6.07, 6.45) is 4.48. The molecule has 1 atom stereocenters. The van der Waals surface area contributed by atoms with Gasteiger partial charge in [-0.1, -0.05) is 35.3 Å². The van der Waals surface area contributed by atoms with Crippen LogP contribution in [0.3, 0.4) is 0 Å². The predicted molar refractivity (Wildman–Crippen MR) is 125 cm³/mol. The van der Waals surface area contributed by atoms with Gasteiger partial charge < -0.3 is 21.1 Å². The van der Waals surface area contributed by atoms with E-state index in [1.165, 1.54) is 12.4 Å². The minimum Gasteiger partial charge on any atom is -0.480 e. The largest absolute Gasteiger partial charge is 0.480 e. The molecule has 11 heteroatoms. The molecule has 4 rings (SSSR count). The molecule has 1 aromatic heterocycles. The molecule has 2 aromatic carbocycles. The molecule has 170 valence electrons. The van der Waals surface area contributed by atoms with Gasteiger partial charge in [0.25, 0.3) is 16.8 Å². The maximum absolute atomic E-state index is 12.5. The fourth-order valence-corrected chi connectivity index (χ4v) is 3.79. The summed E-state index contributed by atoms with van der Waals surface area (Å²) >= 11 is 12.0. The van der Waals surface area contributed by atoms with Gasteiger partial charge in [0.2, 0.25) is 0 Å². The van der Waals surface area contributed by atoms with Crippen LogP contribution < -0.4 is 26.8 Å². The number of benzene rings is 1. The van der Waals surface area contributed by atoms with E-state index in [0.717, 1.165) is 12.8 Å². The highest BCUT2D eigenvalue weighted by Gasteiger charge is 2.30. The summed E-state index contributed by atoms with van der Waals surface area (Å²) in [6.45, 7) is 0. The van der Waals surface area contributed by atoms with Gasteiger partial charge >= 0.3 is 5.97 Å². The van der Waals surface area contributed by atoms with Crippen LogP contribution in [-0.2, 0) is 11.2 Å². The molecular weight excluding hydrogens is 471 g/mol. The topological polar surface area (TPSA) is 137 Å². The quantitative estimate of drug-likeness (QED) is 0.337. The number of amides is 1. The first-order valence-electron chi connectivity index (χ1n) is 10.0. The van der Waals surface area contributed by atoms with Crippen molar-refractivity contribution in [3.05, 3.63) is 78.3 Å². The zero-order valence-electron chi connectivity index (χ0n) is 17.0. The number of nitrogens with zero attached hydrogens (tertiary/aromatic N) is 1. The molecule has 33 heavy (non-hydrogen) atoms. The van der Waals surface area contributed by atoms with E-state index in [9.17, 15) is 24.3 Å². The first kappa shape index (κ1) is 22.8. The molecule has 4 N–H and O–H groups in total. The van der Waals surface area contributed by atoms with E-state index in [0.29, 0.717) is 11.3 Å². The van der Waals surface area contributed by atoms with Crippen LogP contribution in [0.5, 0.6) is 0 Å². The number of hydrogen-bond acceptors (Lipinski definition) is 7. The number of nitrogens with one attached hydrogen (secondary N) is 3. The molecule has 3 aromatic rings. The number of aliphatic carboxylic acids is 1. The fourth-order valence-electron chi connectivity index (χ4n) is 3.25. The number of aromatic nitrogens is 1. The van der Waals surface area contributed by atoms with Crippen LogP contribution in [0.1, 0.15) is 28.8 Å². The number of pyridine rings is 1. The molecule has 1 fully saturated rings. The van der Waals surface area contributed by atoms with Gasteiger partial charge in [0.05, 0.1) is 15.6 Å². The molecule has 0 spiro atoms. The Morgan fingerprint density at radius 2 is 1.64 bits per heavy atom. The normalized spacial score (nSPS) is 14.0. The van der Waals surface area contributed by atoms with Crippen molar-refractivity contribution in [1.82, 2.24) is 4.98 Å². The fraction of sp³-hybridized carbons (Fsp3) is 0.227. The van der Waals surface area contributed by atoms with Gasteiger partial charge in [0, 0.05) is 30.5 Å². The summed E-state index contributed by atoms with van der Waals surface area (Å²) in [6, 6.07) is 5.53. The van der Waals surface area contributed by atoms with E-state index in [-0.39, 0.29) is 39.4 Å². The van der Waals surface area contributed by atoms with Crippen molar-refractivity contribution in [2.45, 2.75) is 31.3 Å². The molecule has 1 heterocycles. The average Bonchev–Trinajstić information content (AvgIpc) is 3.60. The first-order valence-corrected chi connectivity index (χ1v) is 10.8. The molecule has 1 aliphatic carbocycles. The third kappa shape index (κ3) is 4.99. The molecule has 0 radical (unpaired) electrons. The highest BCUT2D eigenvalue weighted by molar-refractivity contribution is 6.40. The van der Waals surface area contributed by atoms with Crippen molar-refractivity contribution in [2.75, 3.05) is 16.0 Å². The van der Waals surface area contributed by atoms with Gasteiger partial charge in [0.15, 0.2) is 0 Å². The first-order chi connectivity index (χ1) is 15.7. The molecule has 9 nitrogen and oxygen atoms in total. The molecule has 1 saturated carbocycles. The van der Waals surface area contributed by atoms with E-state index in [2.05, 4.69) is 20.9 Å². The van der Waals surface area contributed by atoms with Crippen molar-refractivity contribution in [2.24, 2.45) is 0 Å². The Bertz CT molecular complexity index is 1280. The smallest absolute Gasteiger partial charge is 0.326 e. The molecule has 1 aliphatic rings. The lowest BCUT2D eigenvalue weighted by molar-refractivity contribution is -0.137. The number of halogens is 2. The van der Waals surface area contributed by atoms with E-state index in [1.54, 1.807) is 24.3 Å². The van der Waals surface area contributed by atoms with Crippen LogP contribution in [0.15, 0.2) is 46.2 Å². The van der Waals surface area contributed by atoms with Crippen LogP contribution in [0, 0.1) is 0 Å². The van der Waals surface area contributed by atoms with Crippen LogP contribution in [-0.4, -0.2) is 34.1 Å². The van der Waals surface area contributed by atoms with Gasteiger partial charge in [-0.05, 0) is 30.5 Å². The van der Waals surface area contributed by atoms with E-state index in [4.69, 9.17) is 23.2 Å². The maximum atomic E-state index is 12.5. The lowest BCUT2D eigenvalue weighted by atomic mass is 10.0. The van der Waals surface area contributed by atoms with Crippen molar-refractivity contribution in [3.63, 3.8) is 0 Å². The Kier molecular flexibility index (Phi) is 6.35. The number of carboxylic acid groups (broad SMARTS) is 1. The van der Waals surface area contributed by atoms with Crippen molar-refractivity contribution < 1.29 is 14.7 Å². The number of anilines is 3. The summed E-state index contributed by atoms with van der Waals surface area (Å²) < 4.78 is 0. The Balaban J connectivity index is 1.43. The SMILES string of the molecule is O=C(Nc1ccc(C[C@H](Nc2c(NC3CC3)c(=O)c2=O)C(=O)O)cc1)c1c(Cl)cncc1Cl. The van der Waals surface area contributed by atoms with Crippen molar-refractivity contribution in [1.29, 1.82) is 0 Å². The molecular formula is C22H18Cl2N4O5. The minimum absolute atomic E-state index is 0.00860. The molecule has 1 amide bonds. The second kappa shape index (κ2) is 9.21. The van der Waals surface area contributed by atoms with Crippen molar-refractivity contribution in [3.8, 4) is 0 Å². The van der Waals surface area contributed by atoms with Gasteiger partial charge in [-0.2, -0.15) is 0 Å². The van der Waals surface area contributed by atoms with Crippen LogP contribution >= 0.6 is 23.2 Å². The molecule has 0 bridgehead atoms. The highest BCUT2D eigenvalue weighted by atomic mass is 35.5. The molecule has 0 unspecified atom stereocenters. The Labute approximate surface area is 197 Å². The predicted octanol–water partition coefficient (Wildman–Crippen LogP) is 2.92. The van der Waals surface area contributed by atoms with E-state index < -0.39 is 28.8 Å². The third-order valence-corrected chi connectivity index (χ3v) is 5.76. The minimum atomic E-state index is -1.17. The second-order valence-electron chi connectivity index (χ2n) is 7.70. The van der Waals surface area contributed by atoms with E-state index in [1.807, 2.05) is 0 Å². The number of carboxylic acids is 1. The number of carbonyl (C=O) groups is 2. The standard InChI is InChI=1S/C22H18Cl2N4O5/c23-13-8-25-9-14(24)16(13)21(31)27-12-3-1-10(2-4-12)7-15(22(32)33)28-18-17(19(29)20(18)30)26-11-5-6-11/h1-4,8-9,11,15,26,28H,5-7H2,(H,27,31)(H,32,33)/t15-/m0/s1. The summed E-state index contributed by atoms with van der Waals surface area (Å²) in [4.78, 5) is 51.8.